The number of halogens is 2. The predicted molar refractivity (Wildman–Crippen MR) is 46.6 cm³/mol. The van der Waals surface area contributed by atoms with Crippen molar-refractivity contribution in [3.05, 3.63) is 18.2 Å². The van der Waals surface area contributed by atoms with Crippen LogP contribution in [-0.2, 0) is 13.6 Å². The summed E-state index contributed by atoms with van der Waals surface area (Å²) < 4.78 is 4.22. The Morgan fingerprint density at radius 3 is 2.50 bits per heavy atom. The molecule has 0 saturated carbocycles. The van der Waals surface area contributed by atoms with Crippen LogP contribution in [-0.4, -0.2) is 11.1 Å². The zero-order valence-corrected chi connectivity index (χ0v) is 10.3. The highest BCUT2D eigenvalue weighted by Gasteiger charge is 2.05. The molecule has 0 aromatic carbocycles. The maximum atomic E-state index is 5.41. The van der Waals surface area contributed by atoms with Gasteiger partial charge in [0.1, 0.15) is 18.9 Å². The van der Waals surface area contributed by atoms with Crippen molar-refractivity contribution in [2.45, 2.75) is 13.5 Å². The Balaban J connectivity index is 0. The van der Waals surface area contributed by atoms with Crippen LogP contribution in [0, 0.1) is 6.92 Å². The van der Waals surface area contributed by atoms with Gasteiger partial charge in [-0.25, -0.2) is 9.13 Å². The minimum absolute atomic E-state index is 0. The van der Waals surface area contributed by atoms with Gasteiger partial charge in [0.15, 0.2) is 0 Å². The van der Waals surface area contributed by atoms with Crippen LogP contribution in [0.15, 0.2) is 12.4 Å². The molecule has 0 aliphatic heterocycles. The average molecular weight is 304 g/mol. The van der Waals surface area contributed by atoms with E-state index in [1.165, 1.54) is 5.82 Å². The number of rotatable bonds is 2. The summed E-state index contributed by atoms with van der Waals surface area (Å²) in [6.07, 6.45) is 4.08. The monoisotopic (exact) mass is 303 g/mol. The first-order chi connectivity index (χ1) is 4.75. The molecule has 1 aromatic rings. The lowest BCUT2D eigenvalue weighted by Crippen LogP contribution is -3.00. The van der Waals surface area contributed by atoms with Crippen LogP contribution >= 0.6 is 12.4 Å². The van der Waals surface area contributed by atoms with E-state index in [4.69, 9.17) is 5.73 Å². The van der Waals surface area contributed by atoms with Crippen molar-refractivity contribution in [2.24, 2.45) is 12.8 Å². The van der Waals surface area contributed by atoms with E-state index in [0.717, 1.165) is 6.54 Å². The Kier molecular flexibility index (Phi) is 8.18. The predicted octanol–water partition coefficient (Wildman–Crippen LogP) is -2.99. The molecule has 3 nitrogen and oxygen atoms in total. The number of nitrogens with zero attached hydrogens (tertiary/aromatic N) is 2. The summed E-state index contributed by atoms with van der Waals surface area (Å²) in [5.41, 5.74) is 5.41. The highest BCUT2D eigenvalue weighted by atomic mass is 127. The lowest BCUT2D eigenvalue weighted by atomic mass is 10.6. The van der Waals surface area contributed by atoms with Gasteiger partial charge in [-0.2, -0.15) is 0 Å². The van der Waals surface area contributed by atoms with Crippen LogP contribution in [0.3, 0.4) is 0 Å². The maximum absolute atomic E-state index is 5.41. The average Bonchev–Trinajstić information content (AvgIpc) is 2.20. The molecule has 1 heterocycles. The van der Waals surface area contributed by atoms with Crippen molar-refractivity contribution < 1.29 is 28.5 Å². The molecule has 0 amide bonds. The lowest BCUT2D eigenvalue weighted by Gasteiger charge is -1.93. The zero-order valence-electron chi connectivity index (χ0n) is 7.33. The van der Waals surface area contributed by atoms with Crippen LogP contribution < -0.4 is 34.3 Å². The fraction of sp³-hybridized carbons (Fsp3) is 0.571. The Labute approximate surface area is 96.4 Å². The molecule has 0 radical (unpaired) electrons. The van der Waals surface area contributed by atoms with E-state index in [2.05, 4.69) is 16.1 Å². The Bertz CT molecular complexity index is 224. The number of aryl methyl sites for hydroxylation is 1. The zero-order chi connectivity index (χ0) is 7.56. The van der Waals surface area contributed by atoms with Crippen molar-refractivity contribution in [1.82, 2.24) is 4.57 Å². The van der Waals surface area contributed by atoms with Crippen molar-refractivity contribution in [3.8, 4) is 0 Å². The third-order valence-corrected chi connectivity index (χ3v) is 1.77. The van der Waals surface area contributed by atoms with Crippen molar-refractivity contribution >= 4 is 12.4 Å². The molecule has 0 atom stereocenters. The molecule has 2 N–H and O–H groups in total. The van der Waals surface area contributed by atoms with Crippen LogP contribution in [0.1, 0.15) is 5.82 Å². The van der Waals surface area contributed by atoms with E-state index in [-0.39, 0.29) is 36.4 Å². The highest BCUT2D eigenvalue weighted by Crippen LogP contribution is 1.89. The fourth-order valence-electron chi connectivity index (χ4n) is 0.974. The van der Waals surface area contributed by atoms with Crippen molar-refractivity contribution in [1.29, 1.82) is 0 Å². The van der Waals surface area contributed by atoms with Gasteiger partial charge in [0.25, 0.3) is 5.82 Å². The van der Waals surface area contributed by atoms with E-state index >= 15 is 0 Å². The van der Waals surface area contributed by atoms with Gasteiger partial charge in [0, 0.05) is 13.5 Å². The first kappa shape index (κ1) is 14.7. The van der Waals surface area contributed by atoms with Crippen LogP contribution in [0.5, 0.6) is 0 Å². The quantitative estimate of drug-likeness (QED) is 0.459. The van der Waals surface area contributed by atoms with E-state index in [1.807, 2.05) is 19.4 Å². The molecule has 5 heteroatoms. The van der Waals surface area contributed by atoms with Gasteiger partial charge in [-0.3, -0.25) is 0 Å². The molecular weight excluding hydrogens is 288 g/mol. The molecule has 0 saturated heterocycles. The van der Waals surface area contributed by atoms with Crippen molar-refractivity contribution in [3.63, 3.8) is 0 Å². The number of hydrogen-bond acceptors (Lipinski definition) is 1. The fourth-order valence-corrected chi connectivity index (χ4v) is 0.974. The largest absolute Gasteiger partial charge is 1.00 e. The molecule has 72 valence electrons. The Morgan fingerprint density at radius 2 is 2.17 bits per heavy atom. The molecule has 1 aromatic heterocycles. The van der Waals surface area contributed by atoms with Crippen LogP contribution in [0.4, 0.5) is 0 Å². The van der Waals surface area contributed by atoms with Gasteiger partial charge in [-0.15, -0.1) is 12.4 Å². The molecule has 0 aliphatic rings. The summed E-state index contributed by atoms with van der Waals surface area (Å²) in [4.78, 5) is 0. The minimum Gasteiger partial charge on any atom is -1.00 e. The minimum atomic E-state index is 0. The number of aromatic nitrogens is 2. The molecule has 1 rings (SSSR count). The summed E-state index contributed by atoms with van der Waals surface area (Å²) in [5, 5.41) is 0. The number of hydrogen-bond donors (Lipinski definition) is 1. The van der Waals surface area contributed by atoms with E-state index in [0.29, 0.717) is 6.54 Å². The number of nitrogens with two attached hydrogens (primary N) is 1. The summed E-state index contributed by atoms with van der Waals surface area (Å²) in [6, 6.07) is 0. The van der Waals surface area contributed by atoms with E-state index in [9.17, 15) is 0 Å². The molecule has 12 heavy (non-hydrogen) atoms. The molecular formula is C7H15ClIN3. The summed E-state index contributed by atoms with van der Waals surface area (Å²) >= 11 is 0. The standard InChI is InChI=1S/C7H14N3.ClH.HI/c1-7-9(2)5-6-10(7)4-3-8;;/h5-6H,3-4,8H2,1-2H3;2*1H/q+1;;/p-1. The normalized spacial score (nSPS) is 8.58. The third-order valence-electron chi connectivity index (χ3n) is 1.77. The van der Waals surface area contributed by atoms with Crippen LogP contribution in [0.25, 0.3) is 0 Å². The maximum Gasteiger partial charge on any atom is 0.253 e. The molecule has 0 spiro atoms. The lowest BCUT2D eigenvalue weighted by molar-refractivity contribution is -0.677. The highest BCUT2D eigenvalue weighted by molar-refractivity contribution is 5.85. The number of imidazole rings is 1. The second-order valence-corrected chi connectivity index (χ2v) is 2.44. The van der Waals surface area contributed by atoms with Gasteiger partial charge in [0.2, 0.25) is 0 Å². The second kappa shape index (κ2) is 6.68. The molecule has 0 unspecified atom stereocenters. The Hall–Kier alpha value is 0.190. The first-order valence-corrected chi connectivity index (χ1v) is 3.47. The van der Waals surface area contributed by atoms with Gasteiger partial charge >= 0.3 is 0 Å². The summed E-state index contributed by atoms with van der Waals surface area (Å²) in [7, 11) is 2.03. The van der Waals surface area contributed by atoms with Gasteiger partial charge in [-0.05, 0) is 0 Å². The second-order valence-electron chi connectivity index (χ2n) is 2.44. The third kappa shape index (κ3) is 3.28. The Morgan fingerprint density at radius 1 is 1.58 bits per heavy atom. The van der Waals surface area contributed by atoms with E-state index < -0.39 is 0 Å². The molecule has 0 fully saturated rings. The van der Waals surface area contributed by atoms with Gasteiger partial charge < -0.3 is 29.7 Å². The molecule has 0 aliphatic carbocycles. The van der Waals surface area contributed by atoms with E-state index in [1.54, 1.807) is 0 Å². The van der Waals surface area contributed by atoms with Crippen molar-refractivity contribution in [2.75, 3.05) is 6.54 Å². The summed E-state index contributed by atoms with van der Waals surface area (Å²) in [5.74, 6) is 1.24. The van der Waals surface area contributed by atoms with Gasteiger partial charge in [-0.1, -0.05) is 0 Å². The van der Waals surface area contributed by atoms with Crippen LogP contribution in [0.2, 0.25) is 0 Å². The topological polar surface area (TPSA) is 34.8 Å². The summed E-state index contributed by atoms with van der Waals surface area (Å²) in [6.45, 7) is 3.69. The van der Waals surface area contributed by atoms with Gasteiger partial charge in [0.05, 0.1) is 7.05 Å². The smallest absolute Gasteiger partial charge is 0.253 e. The SMILES string of the molecule is Cc1n(CCN)cc[n+]1C.Cl.[I-]. The first-order valence-electron chi connectivity index (χ1n) is 3.47. The molecule has 0 bridgehead atoms.